The van der Waals surface area contributed by atoms with Crippen molar-refractivity contribution in [3.63, 3.8) is 0 Å². The Hall–Kier alpha value is -1.09. The van der Waals surface area contributed by atoms with Crippen LogP contribution in [-0.4, -0.2) is 46.8 Å². The SMILES string of the molecule is CCNC(=NCc1cccc(N2CC=CC2)c1)NC1CCCC(S(=O)CC)C1.I. The minimum absolute atomic E-state index is 0. The van der Waals surface area contributed by atoms with Crippen molar-refractivity contribution in [3.05, 3.63) is 42.0 Å². The first-order chi connectivity index (χ1) is 13.7. The zero-order valence-corrected chi connectivity index (χ0v) is 20.7. The number of hydrogen-bond acceptors (Lipinski definition) is 3. The van der Waals surface area contributed by atoms with E-state index in [1.54, 1.807) is 0 Å². The van der Waals surface area contributed by atoms with Crippen molar-refractivity contribution in [1.29, 1.82) is 0 Å². The Labute approximate surface area is 195 Å². The number of aliphatic imine (C=N–C) groups is 1. The van der Waals surface area contributed by atoms with Gasteiger partial charge in [-0.1, -0.05) is 37.6 Å². The number of nitrogens with zero attached hydrogens (tertiary/aromatic N) is 2. The molecule has 1 aliphatic heterocycles. The summed E-state index contributed by atoms with van der Waals surface area (Å²) in [5.74, 6) is 1.62. The first-order valence-electron chi connectivity index (χ1n) is 10.6. The van der Waals surface area contributed by atoms with Crippen LogP contribution < -0.4 is 15.5 Å². The molecule has 0 spiro atoms. The lowest BCUT2D eigenvalue weighted by atomic mass is 9.95. The molecule has 0 radical (unpaired) electrons. The fraction of sp³-hybridized carbons (Fsp3) is 0.591. The molecule has 3 unspecified atom stereocenters. The summed E-state index contributed by atoms with van der Waals surface area (Å²) in [7, 11) is -0.700. The molecule has 1 saturated carbocycles. The van der Waals surface area contributed by atoms with Crippen LogP contribution in [0.25, 0.3) is 0 Å². The summed E-state index contributed by atoms with van der Waals surface area (Å²) in [5.41, 5.74) is 2.48. The molecule has 1 aliphatic carbocycles. The third-order valence-corrected chi connectivity index (χ3v) is 7.22. The van der Waals surface area contributed by atoms with Crippen molar-refractivity contribution in [1.82, 2.24) is 10.6 Å². The summed E-state index contributed by atoms with van der Waals surface area (Å²) in [4.78, 5) is 7.17. The monoisotopic (exact) mass is 530 g/mol. The Morgan fingerprint density at radius 1 is 1.24 bits per heavy atom. The highest BCUT2D eigenvalue weighted by Gasteiger charge is 2.26. The van der Waals surface area contributed by atoms with Gasteiger partial charge in [-0.15, -0.1) is 24.0 Å². The van der Waals surface area contributed by atoms with Gasteiger partial charge in [0.1, 0.15) is 0 Å². The van der Waals surface area contributed by atoms with E-state index >= 15 is 0 Å². The predicted molar refractivity (Wildman–Crippen MR) is 136 cm³/mol. The normalized spacial score (nSPS) is 22.8. The number of guanidine groups is 1. The second kappa shape index (κ2) is 12.6. The van der Waals surface area contributed by atoms with Crippen molar-refractivity contribution < 1.29 is 4.21 Å². The van der Waals surface area contributed by atoms with Gasteiger partial charge in [0.05, 0.1) is 6.54 Å². The number of benzene rings is 1. The molecule has 7 heteroatoms. The molecule has 0 aromatic heterocycles. The third kappa shape index (κ3) is 7.27. The fourth-order valence-corrected chi connectivity index (χ4v) is 5.32. The van der Waals surface area contributed by atoms with Crippen molar-refractivity contribution in [2.75, 3.05) is 30.3 Å². The zero-order valence-electron chi connectivity index (χ0n) is 17.6. The van der Waals surface area contributed by atoms with E-state index in [2.05, 4.69) is 58.9 Å². The maximum Gasteiger partial charge on any atom is 0.191 e. The van der Waals surface area contributed by atoms with E-state index in [-0.39, 0.29) is 24.0 Å². The summed E-state index contributed by atoms with van der Waals surface area (Å²) in [6, 6.07) is 9.01. The molecule has 3 atom stereocenters. The van der Waals surface area contributed by atoms with Gasteiger partial charge in [0, 0.05) is 53.2 Å². The highest BCUT2D eigenvalue weighted by Crippen LogP contribution is 2.23. The Kier molecular flexibility index (Phi) is 10.5. The molecule has 3 rings (SSSR count). The second-order valence-electron chi connectivity index (χ2n) is 7.54. The van der Waals surface area contributed by atoms with Crippen LogP contribution in [0.3, 0.4) is 0 Å². The molecular weight excluding hydrogens is 495 g/mol. The average molecular weight is 531 g/mol. The predicted octanol–water partition coefficient (Wildman–Crippen LogP) is 3.82. The molecule has 0 bridgehead atoms. The molecule has 5 nitrogen and oxygen atoms in total. The van der Waals surface area contributed by atoms with E-state index < -0.39 is 10.8 Å². The quantitative estimate of drug-likeness (QED) is 0.244. The van der Waals surface area contributed by atoms with Crippen molar-refractivity contribution in [2.24, 2.45) is 4.99 Å². The van der Waals surface area contributed by atoms with Gasteiger partial charge in [-0.3, -0.25) is 4.21 Å². The van der Waals surface area contributed by atoms with Crippen LogP contribution in [0.15, 0.2) is 41.4 Å². The lowest BCUT2D eigenvalue weighted by molar-refractivity contribution is 0.413. The van der Waals surface area contributed by atoms with Gasteiger partial charge in [-0.25, -0.2) is 4.99 Å². The number of hydrogen-bond donors (Lipinski definition) is 2. The van der Waals surface area contributed by atoms with Crippen LogP contribution in [0.1, 0.15) is 45.1 Å². The molecule has 1 aromatic rings. The Morgan fingerprint density at radius 3 is 2.76 bits per heavy atom. The smallest absolute Gasteiger partial charge is 0.191 e. The average Bonchev–Trinajstić information content (AvgIpc) is 3.27. The summed E-state index contributed by atoms with van der Waals surface area (Å²) in [6.45, 7) is 7.57. The Balaban J connectivity index is 0.00000300. The molecule has 1 aromatic carbocycles. The highest BCUT2D eigenvalue weighted by molar-refractivity contribution is 14.0. The van der Waals surface area contributed by atoms with Crippen LogP contribution >= 0.6 is 24.0 Å². The lowest BCUT2D eigenvalue weighted by Crippen LogP contribution is -2.46. The first-order valence-corrected chi connectivity index (χ1v) is 12.0. The van der Waals surface area contributed by atoms with Gasteiger partial charge in [0.25, 0.3) is 0 Å². The molecular formula is C22H35IN4OS. The summed E-state index contributed by atoms with van der Waals surface area (Å²) in [5, 5.41) is 7.28. The fourth-order valence-electron chi connectivity index (χ4n) is 3.97. The van der Waals surface area contributed by atoms with E-state index in [0.29, 0.717) is 17.8 Å². The molecule has 1 heterocycles. The lowest BCUT2D eigenvalue weighted by Gasteiger charge is -2.30. The highest BCUT2D eigenvalue weighted by atomic mass is 127. The standard InChI is InChI=1S/C22H34N4OS.HI/c1-3-23-22(25-19-10-8-12-21(16-19)28(27)4-2)24-17-18-9-7-11-20(15-18)26-13-5-6-14-26;/h5-7,9,11,15,19,21H,3-4,8,10,12-14,16-17H2,1-2H3,(H2,23,24,25);1H. The maximum atomic E-state index is 12.2. The molecule has 0 saturated heterocycles. The summed E-state index contributed by atoms with van der Waals surface area (Å²) < 4.78 is 12.2. The maximum absolute atomic E-state index is 12.2. The van der Waals surface area contributed by atoms with Gasteiger partial charge in [-0.05, 0) is 43.9 Å². The van der Waals surface area contributed by atoms with Crippen LogP contribution in [0.4, 0.5) is 5.69 Å². The molecule has 29 heavy (non-hydrogen) atoms. The van der Waals surface area contributed by atoms with Gasteiger partial charge in [0.15, 0.2) is 5.96 Å². The molecule has 162 valence electrons. The third-order valence-electron chi connectivity index (χ3n) is 5.48. The van der Waals surface area contributed by atoms with Crippen molar-refractivity contribution >= 4 is 46.4 Å². The summed E-state index contributed by atoms with van der Waals surface area (Å²) in [6.07, 6.45) is 8.74. The minimum atomic E-state index is -0.700. The van der Waals surface area contributed by atoms with Gasteiger partial charge >= 0.3 is 0 Å². The van der Waals surface area contributed by atoms with Gasteiger partial charge in [0.2, 0.25) is 0 Å². The van der Waals surface area contributed by atoms with E-state index in [1.807, 2.05) is 6.92 Å². The second-order valence-corrected chi connectivity index (χ2v) is 9.55. The number of halogens is 1. The minimum Gasteiger partial charge on any atom is -0.364 e. The molecule has 2 aliphatic rings. The van der Waals surface area contributed by atoms with E-state index in [9.17, 15) is 4.21 Å². The molecule has 0 amide bonds. The Bertz CT molecular complexity index is 717. The van der Waals surface area contributed by atoms with Crippen LogP contribution in [0.5, 0.6) is 0 Å². The summed E-state index contributed by atoms with van der Waals surface area (Å²) >= 11 is 0. The number of nitrogens with one attached hydrogen (secondary N) is 2. The number of anilines is 1. The first kappa shape index (κ1) is 24.2. The van der Waals surface area contributed by atoms with Crippen molar-refractivity contribution in [3.8, 4) is 0 Å². The topological polar surface area (TPSA) is 56.7 Å². The van der Waals surface area contributed by atoms with E-state index in [1.165, 1.54) is 11.3 Å². The van der Waals surface area contributed by atoms with E-state index in [4.69, 9.17) is 4.99 Å². The zero-order chi connectivity index (χ0) is 19.8. The molecule has 1 fully saturated rings. The van der Waals surface area contributed by atoms with Gasteiger partial charge < -0.3 is 15.5 Å². The van der Waals surface area contributed by atoms with E-state index in [0.717, 1.165) is 57.0 Å². The van der Waals surface area contributed by atoms with Crippen LogP contribution in [0, 0.1) is 0 Å². The Morgan fingerprint density at radius 2 is 2.03 bits per heavy atom. The van der Waals surface area contributed by atoms with Gasteiger partial charge in [-0.2, -0.15) is 0 Å². The van der Waals surface area contributed by atoms with Crippen LogP contribution in [0.2, 0.25) is 0 Å². The molecule has 2 N–H and O–H groups in total. The number of rotatable bonds is 7. The largest absolute Gasteiger partial charge is 0.364 e. The van der Waals surface area contributed by atoms with Crippen molar-refractivity contribution in [2.45, 2.75) is 57.4 Å². The van der Waals surface area contributed by atoms with Crippen LogP contribution in [-0.2, 0) is 17.3 Å².